The van der Waals surface area contributed by atoms with Crippen LogP contribution in [0.5, 0.6) is 0 Å². The second kappa shape index (κ2) is 3.98. The number of alkyl halides is 2. The van der Waals surface area contributed by atoms with Crippen LogP contribution in [-0.4, -0.2) is 29.4 Å². The average Bonchev–Trinajstić information content (AvgIpc) is 2.60. The van der Waals surface area contributed by atoms with Crippen molar-refractivity contribution in [3.63, 3.8) is 0 Å². The first-order valence-corrected chi connectivity index (χ1v) is 4.16. The highest BCUT2D eigenvalue weighted by molar-refractivity contribution is 5.88. The Morgan fingerprint density at radius 2 is 2.27 bits per heavy atom. The molecule has 0 unspecified atom stereocenters. The van der Waals surface area contributed by atoms with E-state index < -0.39 is 24.1 Å². The van der Waals surface area contributed by atoms with Gasteiger partial charge < -0.3 is 14.4 Å². The minimum atomic E-state index is -3.34. The molecule has 1 N–H and O–H groups in total. The molecule has 4 nitrogen and oxygen atoms in total. The van der Waals surface area contributed by atoms with Gasteiger partial charge in [0.1, 0.15) is 12.3 Å². The number of ether oxygens (including phenoxy) is 1. The number of aliphatic hydroxyl groups is 1. The number of methoxy groups -OCH3 is 1. The van der Waals surface area contributed by atoms with Gasteiger partial charge in [0.15, 0.2) is 0 Å². The molecule has 1 aromatic rings. The molecule has 0 radical (unpaired) electrons. The summed E-state index contributed by atoms with van der Waals surface area (Å²) < 4.78 is 31.7. The minimum Gasteiger partial charge on any atom is -0.464 e. The van der Waals surface area contributed by atoms with Gasteiger partial charge in [0.2, 0.25) is 0 Å². The number of esters is 1. The minimum absolute atomic E-state index is 0.0145. The highest BCUT2D eigenvalue weighted by atomic mass is 19.3. The Bertz CT molecular complexity index is 373. The first-order chi connectivity index (χ1) is 6.92. The van der Waals surface area contributed by atoms with E-state index >= 15 is 0 Å². The summed E-state index contributed by atoms with van der Waals surface area (Å²) in [4.78, 5) is 11.1. The number of carbonyl (C=O) groups is 1. The highest BCUT2D eigenvalue weighted by Crippen LogP contribution is 2.28. The molecule has 0 aromatic carbocycles. The summed E-state index contributed by atoms with van der Waals surface area (Å²) in [6, 6.07) is 1.00. The number of nitrogens with zero attached hydrogens (tertiary/aromatic N) is 1. The van der Waals surface area contributed by atoms with Crippen molar-refractivity contribution in [3.8, 4) is 0 Å². The number of carbonyl (C=O) groups excluding carboxylic acids is 1. The number of aromatic nitrogens is 1. The number of aliphatic hydroxyl groups excluding tert-OH is 1. The Morgan fingerprint density at radius 3 is 2.73 bits per heavy atom. The number of rotatable bonds is 3. The van der Waals surface area contributed by atoms with Crippen LogP contribution >= 0.6 is 0 Å². The molecule has 1 heterocycles. The zero-order valence-corrected chi connectivity index (χ0v) is 8.33. The molecule has 0 saturated heterocycles. The van der Waals surface area contributed by atoms with E-state index in [1.54, 1.807) is 0 Å². The second-order valence-electron chi connectivity index (χ2n) is 3.08. The van der Waals surface area contributed by atoms with E-state index in [2.05, 4.69) is 4.74 Å². The van der Waals surface area contributed by atoms with Gasteiger partial charge in [0.25, 0.3) is 5.92 Å². The highest BCUT2D eigenvalue weighted by Gasteiger charge is 2.33. The van der Waals surface area contributed by atoms with E-state index in [-0.39, 0.29) is 5.69 Å². The number of aryl methyl sites for hydroxylation is 1. The van der Waals surface area contributed by atoms with Gasteiger partial charge in [-0.15, -0.1) is 0 Å². The molecule has 0 aliphatic rings. The normalized spacial score (nSPS) is 11.5. The molecule has 15 heavy (non-hydrogen) atoms. The molecule has 0 fully saturated rings. The lowest BCUT2D eigenvalue weighted by Gasteiger charge is -2.09. The lowest BCUT2D eigenvalue weighted by Crippen LogP contribution is -2.17. The van der Waals surface area contributed by atoms with Crippen molar-refractivity contribution in [2.75, 3.05) is 13.7 Å². The van der Waals surface area contributed by atoms with Gasteiger partial charge in [-0.1, -0.05) is 0 Å². The maximum absolute atomic E-state index is 13.0. The van der Waals surface area contributed by atoms with Crippen molar-refractivity contribution in [1.29, 1.82) is 0 Å². The lowest BCUT2D eigenvalue weighted by molar-refractivity contribution is -0.0556. The zero-order chi connectivity index (χ0) is 11.6. The van der Waals surface area contributed by atoms with E-state index in [4.69, 9.17) is 5.11 Å². The first kappa shape index (κ1) is 11.6. The summed E-state index contributed by atoms with van der Waals surface area (Å²) in [7, 11) is 2.61. The molecule has 1 aromatic heterocycles. The van der Waals surface area contributed by atoms with Crippen LogP contribution in [0.2, 0.25) is 0 Å². The molecule has 1 rings (SSSR count). The van der Waals surface area contributed by atoms with Crippen molar-refractivity contribution in [1.82, 2.24) is 4.57 Å². The third kappa shape index (κ3) is 2.15. The quantitative estimate of drug-likeness (QED) is 0.768. The number of halogens is 2. The predicted molar refractivity (Wildman–Crippen MR) is 47.7 cm³/mol. The number of hydrogen-bond donors (Lipinski definition) is 1. The molecule has 0 spiro atoms. The van der Waals surface area contributed by atoms with Gasteiger partial charge in [-0.2, -0.15) is 8.78 Å². The molecule has 0 bridgehead atoms. The van der Waals surface area contributed by atoms with Crippen LogP contribution in [0.4, 0.5) is 8.78 Å². The van der Waals surface area contributed by atoms with Crippen LogP contribution in [0, 0.1) is 0 Å². The van der Waals surface area contributed by atoms with Crippen LogP contribution < -0.4 is 0 Å². The van der Waals surface area contributed by atoms with Gasteiger partial charge in [0.05, 0.1) is 7.11 Å². The fourth-order valence-corrected chi connectivity index (χ4v) is 1.16. The fraction of sp³-hybridized carbons (Fsp3) is 0.444. The van der Waals surface area contributed by atoms with Crippen molar-refractivity contribution < 1.29 is 23.4 Å². The molecular formula is C9H11F2NO3. The third-order valence-electron chi connectivity index (χ3n) is 2.02. The number of hydrogen-bond acceptors (Lipinski definition) is 3. The molecule has 0 saturated carbocycles. The Labute approximate surface area is 85.1 Å². The van der Waals surface area contributed by atoms with E-state index in [0.29, 0.717) is 0 Å². The van der Waals surface area contributed by atoms with Crippen molar-refractivity contribution >= 4 is 5.97 Å². The molecule has 0 atom stereocenters. The largest absolute Gasteiger partial charge is 0.464 e. The maximum Gasteiger partial charge on any atom is 0.354 e. The van der Waals surface area contributed by atoms with E-state index in [9.17, 15) is 13.6 Å². The van der Waals surface area contributed by atoms with Gasteiger partial charge in [-0.05, 0) is 6.07 Å². The third-order valence-corrected chi connectivity index (χ3v) is 2.02. The molecule has 6 heteroatoms. The van der Waals surface area contributed by atoms with E-state index in [1.165, 1.54) is 18.7 Å². The molecule has 84 valence electrons. The Balaban J connectivity index is 3.11. The van der Waals surface area contributed by atoms with Crippen LogP contribution in [0.3, 0.4) is 0 Å². The van der Waals surface area contributed by atoms with Gasteiger partial charge in [-0.3, -0.25) is 0 Å². The fourth-order valence-electron chi connectivity index (χ4n) is 1.16. The summed E-state index contributed by atoms with van der Waals surface area (Å²) in [5.41, 5.74) is -0.395. The Hall–Kier alpha value is -1.43. The first-order valence-electron chi connectivity index (χ1n) is 4.16. The Kier molecular flexibility index (Phi) is 3.09. The van der Waals surface area contributed by atoms with Crippen LogP contribution in [0.25, 0.3) is 0 Å². The van der Waals surface area contributed by atoms with Gasteiger partial charge >= 0.3 is 5.97 Å². The summed E-state index contributed by atoms with van der Waals surface area (Å²) in [5, 5.41) is 8.47. The van der Waals surface area contributed by atoms with Crippen molar-refractivity contribution in [2.24, 2.45) is 7.05 Å². The van der Waals surface area contributed by atoms with Crippen molar-refractivity contribution in [3.05, 3.63) is 23.5 Å². The molecule has 0 amide bonds. The molecule has 0 aliphatic carbocycles. The smallest absolute Gasteiger partial charge is 0.354 e. The van der Waals surface area contributed by atoms with Gasteiger partial charge in [-0.25, -0.2) is 4.79 Å². The van der Waals surface area contributed by atoms with E-state index in [0.717, 1.165) is 12.3 Å². The summed E-state index contributed by atoms with van der Waals surface area (Å²) >= 11 is 0. The van der Waals surface area contributed by atoms with Crippen molar-refractivity contribution in [2.45, 2.75) is 5.92 Å². The van der Waals surface area contributed by atoms with Crippen LogP contribution in [-0.2, 0) is 17.7 Å². The Morgan fingerprint density at radius 1 is 1.67 bits per heavy atom. The second-order valence-corrected chi connectivity index (χ2v) is 3.08. The van der Waals surface area contributed by atoms with Crippen LogP contribution in [0.1, 0.15) is 16.1 Å². The summed E-state index contributed by atoms with van der Waals surface area (Å²) in [6.45, 7) is -1.29. The average molecular weight is 219 g/mol. The lowest BCUT2D eigenvalue weighted by atomic mass is 10.2. The van der Waals surface area contributed by atoms with Crippen LogP contribution in [0.15, 0.2) is 12.3 Å². The zero-order valence-electron chi connectivity index (χ0n) is 8.33. The maximum atomic E-state index is 13.0. The molecule has 0 aliphatic heterocycles. The summed E-state index contributed by atoms with van der Waals surface area (Å²) in [5.74, 6) is -4.04. The topological polar surface area (TPSA) is 51.5 Å². The summed E-state index contributed by atoms with van der Waals surface area (Å²) in [6.07, 6.45) is 1.09. The van der Waals surface area contributed by atoms with E-state index in [1.807, 2.05) is 0 Å². The predicted octanol–water partition coefficient (Wildman–Crippen LogP) is 0.896. The SMILES string of the molecule is COC(=O)c1cc(C(F)(F)CO)cn1C. The van der Waals surface area contributed by atoms with Gasteiger partial charge in [0, 0.05) is 18.8 Å². The standard InChI is InChI=1S/C9H11F2NO3/c1-12-4-6(9(10,11)5-13)3-7(12)8(14)15-2/h3-4,13H,5H2,1-2H3. The molecular weight excluding hydrogens is 208 g/mol. The monoisotopic (exact) mass is 219 g/mol.